The van der Waals surface area contributed by atoms with E-state index in [0.29, 0.717) is 0 Å². The zero-order valence-corrected chi connectivity index (χ0v) is 13.5. The summed E-state index contributed by atoms with van der Waals surface area (Å²) in [7, 11) is 1.72. The van der Waals surface area contributed by atoms with E-state index in [1.807, 2.05) is 12.1 Å². The summed E-state index contributed by atoms with van der Waals surface area (Å²) in [5.74, 6) is 0.948. The van der Waals surface area contributed by atoms with Gasteiger partial charge >= 0.3 is 0 Å². The monoisotopic (exact) mass is 333 g/mol. The van der Waals surface area contributed by atoms with E-state index in [1.165, 1.54) is 16.7 Å². The zero-order valence-electron chi connectivity index (χ0n) is 11.9. The lowest BCUT2D eigenvalue weighted by Crippen LogP contribution is -2.17. The van der Waals surface area contributed by atoms with Crippen LogP contribution in [0.2, 0.25) is 0 Å². The molecule has 0 atom stereocenters. The Bertz CT molecular complexity index is 554. The van der Waals surface area contributed by atoms with E-state index >= 15 is 0 Å². The summed E-state index contributed by atoms with van der Waals surface area (Å²) in [6.45, 7) is 3.92. The Morgan fingerprint density at radius 2 is 1.85 bits per heavy atom. The molecule has 0 amide bonds. The highest BCUT2D eigenvalue weighted by Crippen LogP contribution is 2.30. The molecule has 106 valence electrons. The summed E-state index contributed by atoms with van der Waals surface area (Å²) < 4.78 is 6.59. The number of methoxy groups -OCH3 is 1. The van der Waals surface area contributed by atoms with Gasteiger partial charge in [0.05, 0.1) is 7.11 Å². The zero-order chi connectivity index (χ0) is 14.4. The van der Waals surface area contributed by atoms with E-state index in [2.05, 4.69) is 58.5 Å². The van der Waals surface area contributed by atoms with Gasteiger partial charge in [-0.05, 0) is 37.1 Å². The molecule has 2 aromatic carbocycles. The molecule has 2 nitrogen and oxygen atoms in total. The van der Waals surface area contributed by atoms with E-state index in [1.54, 1.807) is 7.11 Å². The summed E-state index contributed by atoms with van der Waals surface area (Å²) in [4.78, 5) is 0. The number of halogens is 1. The molecule has 0 aliphatic heterocycles. The van der Waals surface area contributed by atoms with Crippen molar-refractivity contribution < 1.29 is 4.74 Å². The molecular formula is C17H20BrNO. The van der Waals surface area contributed by atoms with Crippen molar-refractivity contribution in [3.05, 3.63) is 63.6 Å². The number of benzene rings is 2. The maximum Gasteiger partial charge on any atom is 0.123 e. The van der Waals surface area contributed by atoms with Gasteiger partial charge in [0.15, 0.2) is 0 Å². The minimum atomic E-state index is 0.895. The van der Waals surface area contributed by atoms with E-state index in [4.69, 9.17) is 4.74 Å². The van der Waals surface area contributed by atoms with Gasteiger partial charge in [-0.2, -0.15) is 0 Å². The minimum absolute atomic E-state index is 0.895. The van der Waals surface area contributed by atoms with Crippen molar-refractivity contribution >= 4 is 15.9 Å². The van der Waals surface area contributed by atoms with Gasteiger partial charge in [0.1, 0.15) is 5.75 Å². The molecule has 0 radical (unpaired) electrons. The maximum atomic E-state index is 5.44. The first kappa shape index (κ1) is 15.1. The average molecular weight is 334 g/mol. The molecule has 0 unspecified atom stereocenters. The molecule has 2 rings (SSSR count). The van der Waals surface area contributed by atoms with Gasteiger partial charge in [-0.25, -0.2) is 0 Å². The normalized spacial score (nSPS) is 10.6. The predicted molar refractivity (Wildman–Crippen MR) is 87.3 cm³/mol. The molecule has 0 heterocycles. The van der Waals surface area contributed by atoms with Crippen LogP contribution in [-0.4, -0.2) is 13.7 Å². The summed E-state index contributed by atoms with van der Waals surface area (Å²) in [5, 5.41) is 3.47. The number of hydrogen-bond donors (Lipinski definition) is 1. The molecule has 1 N–H and O–H groups in total. The van der Waals surface area contributed by atoms with Crippen molar-refractivity contribution in [3.8, 4) is 5.75 Å². The molecule has 0 saturated carbocycles. The number of ether oxygens (including phenoxy) is 1. The third-order valence-electron chi connectivity index (χ3n) is 3.34. The second-order valence-electron chi connectivity index (χ2n) is 4.79. The topological polar surface area (TPSA) is 21.3 Å². The van der Waals surface area contributed by atoms with Crippen LogP contribution in [0.4, 0.5) is 0 Å². The van der Waals surface area contributed by atoms with Gasteiger partial charge in [-0.1, -0.05) is 52.3 Å². The molecule has 0 aliphatic rings. The van der Waals surface area contributed by atoms with Crippen LogP contribution in [0.25, 0.3) is 0 Å². The Balaban J connectivity index is 1.92. The highest BCUT2D eigenvalue weighted by atomic mass is 79.9. The standard InChI is InChI=1S/C17H20BrNO/c1-13-8-9-16(20-2)15(17(13)18)10-11-19-12-14-6-4-3-5-7-14/h3-9,19H,10-12H2,1-2H3. The quantitative estimate of drug-likeness (QED) is 0.803. The second kappa shape index (κ2) is 7.46. The van der Waals surface area contributed by atoms with E-state index in [9.17, 15) is 0 Å². The van der Waals surface area contributed by atoms with Gasteiger partial charge in [-0.3, -0.25) is 0 Å². The summed E-state index contributed by atoms with van der Waals surface area (Å²) in [5.41, 5.74) is 3.78. The molecular weight excluding hydrogens is 314 g/mol. The van der Waals surface area contributed by atoms with E-state index in [0.717, 1.165) is 29.7 Å². The van der Waals surface area contributed by atoms with Crippen LogP contribution in [0.15, 0.2) is 46.9 Å². The maximum absolute atomic E-state index is 5.44. The number of nitrogens with one attached hydrogen (secondary N) is 1. The first-order valence-electron chi connectivity index (χ1n) is 6.79. The third-order valence-corrected chi connectivity index (χ3v) is 4.44. The van der Waals surface area contributed by atoms with Gasteiger partial charge in [0.25, 0.3) is 0 Å². The van der Waals surface area contributed by atoms with Crippen LogP contribution in [-0.2, 0) is 13.0 Å². The van der Waals surface area contributed by atoms with Crippen molar-refractivity contribution in [2.24, 2.45) is 0 Å². The average Bonchev–Trinajstić information content (AvgIpc) is 2.49. The highest BCUT2D eigenvalue weighted by Gasteiger charge is 2.09. The van der Waals surface area contributed by atoms with Crippen LogP contribution in [0.5, 0.6) is 5.75 Å². The fraction of sp³-hybridized carbons (Fsp3) is 0.294. The number of hydrogen-bond acceptors (Lipinski definition) is 2. The Hall–Kier alpha value is -1.32. The van der Waals surface area contributed by atoms with Gasteiger partial charge in [0, 0.05) is 16.6 Å². The molecule has 0 aliphatic carbocycles. The molecule has 0 fully saturated rings. The second-order valence-corrected chi connectivity index (χ2v) is 5.58. The lowest BCUT2D eigenvalue weighted by Gasteiger charge is -2.13. The van der Waals surface area contributed by atoms with Crippen LogP contribution in [0.3, 0.4) is 0 Å². The third kappa shape index (κ3) is 3.84. The molecule has 2 aromatic rings. The summed E-state index contributed by atoms with van der Waals surface area (Å²) >= 11 is 3.66. The fourth-order valence-electron chi connectivity index (χ4n) is 2.19. The number of rotatable bonds is 6. The molecule has 0 saturated heterocycles. The molecule has 20 heavy (non-hydrogen) atoms. The van der Waals surface area contributed by atoms with Crippen molar-refractivity contribution in [2.75, 3.05) is 13.7 Å². The fourth-order valence-corrected chi connectivity index (χ4v) is 2.71. The Morgan fingerprint density at radius 1 is 1.10 bits per heavy atom. The first-order chi connectivity index (χ1) is 9.72. The van der Waals surface area contributed by atoms with E-state index in [-0.39, 0.29) is 0 Å². The predicted octanol–water partition coefficient (Wildman–Crippen LogP) is 4.10. The van der Waals surface area contributed by atoms with Gasteiger partial charge in [0.2, 0.25) is 0 Å². The van der Waals surface area contributed by atoms with Gasteiger partial charge in [-0.15, -0.1) is 0 Å². The summed E-state index contributed by atoms with van der Waals surface area (Å²) in [6.07, 6.45) is 0.943. The largest absolute Gasteiger partial charge is 0.496 e. The van der Waals surface area contributed by atoms with Gasteiger partial charge < -0.3 is 10.1 Å². The highest BCUT2D eigenvalue weighted by molar-refractivity contribution is 9.10. The van der Waals surface area contributed by atoms with Crippen molar-refractivity contribution in [3.63, 3.8) is 0 Å². The smallest absolute Gasteiger partial charge is 0.123 e. The van der Waals surface area contributed by atoms with Crippen LogP contribution >= 0.6 is 15.9 Å². The van der Waals surface area contributed by atoms with Crippen LogP contribution < -0.4 is 10.1 Å². The summed E-state index contributed by atoms with van der Waals surface area (Å²) in [6, 6.07) is 14.6. The molecule has 0 bridgehead atoms. The molecule has 0 spiro atoms. The Morgan fingerprint density at radius 3 is 2.55 bits per heavy atom. The van der Waals surface area contributed by atoms with Crippen molar-refractivity contribution in [1.29, 1.82) is 0 Å². The van der Waals surface area contributed by atoms with E-state index < -0.39 is 0 Å². The molecule has 0 aromatic heterocycles. The Labute approximate surface area is 129 Å². The first-order valence-corrected chi connectivity index (χ1v) is 7.58. The molecule has 3 heteroatoms. The SMILES string of the molecule is COc1ccc(C)c(Br)c1CCNCc1ccccc1. The lowest BCUT2D eigenvalue weighted by molar-refractivity contribution is 0.408. The van der Waals surface area contributed by atoms with Crippen LogP contribution in [0.1, 0.15) is 16.7 Å². The lowest BCUT2D eigenvalue weighted by atomic mass is 10.1. The minimum Gasteiger partial charge on any atom is -0.496 e. The van der Waals surface area contributed by atoms with Crippen molar-refractivity contribution in [2.45, 2.75) is 19.9 Å². The number of aryl methyl sites for hydroxylation is 1. The Kier molecular flexibility index (Phi) is 5.62. The van der Waals surface area contributed by atoms with Crippen molar-refractivity contribution in [1.82, 2.24) is 5.32 Å². The van der Waals surface area contributed by atoms with Crippen LogP contribution in [0, 0.1) is 6.92 Å².